The van der Waals surface area contributed by atoms with E-state index in [0.717, 1.165) is 18.5 Å². The zero-order valence-electron chi connectivity index (χ0n) is 16.8. The van der Waals surface area contributed by atoms with Gasteiger partial charge in [0.2, 0.25) is 15.9 Å². The quantitative estimate of drug-likeness (QED) is 0.698. The molecule has 0 bridgehead atoms. The van der Waals surface area contributed by atoms with Gasteiger partial charge in [0.15, 0.2) is 0 Å². The van der Waals surface area contributed by atoms with Gasteiger partial charge in [-0.1, -0.05) is 32.4 Å². The largest absolute Gasteiger partial charge is 0.352 e. The molecule has 0 unspecified atom stereocenters. The lowest BCUT2D eigenvalue weighted by atomic mass is 9.98. The number of sulfonamides is 1. The number of carbonyl (C=O) groups is 1. The summed E-state index contributed by atoms with van der Waals surface area (Å²) in [7, 11) is -1.30. The van der Waals surface area contributed by atoms with Crippen molar-refractivity contribution >= 4 is 15.9 Å². The standard InChI is InChI=1S/C20H33N3O3S/c1-4-23(5-2)27(25,26)19-12-9-17(10-13-19)16-21-20(24)14-11-18-8-6-7-15-22(18)3/h9-10,12-13,18H,4-8,11,14-16H2,1-3H3,(H,21,24)/t18-/m0/s1. The van der Waals surface area contributed by atoms with E-state index in [0.29, 0.717) is 37.0 Å². The van der Waals surface area contributed by atoms with Gasteiger partial charge in [-0.3, -0.25) is 4.79 Å². The van der Waals surface area contributed by atoms with E-state index in [9.17, 15) is 13.2 Å². The molecule has 1 heterocycles. The van der Waals surface area contributed by atoms with E-state index in [1.165, 1.54) is 23.6 Å². The highest BCUT2D eigenvalue weighted by Crippen LogP contribution is 2.19. The number of nitrogens with one attached hydrogen (secondary N) is 1. The Labute approximate surface area is 164 Å². The lowest BCUT2D eigenvalue weighted by Crippen LogP contribution is -2.37. The third-order valence-electron chi connectivity index (χ3n) is 5.38. The molecule has 27 heavy (non-hydrogen) atoms. The Bertz CT molecular complexity index is 700. The van der Waals surface area contributed by atoms with Crippen LogP contribution in [0.1, 0.15) is 51.5 Å². The number of hydrogen-bond acceptors (Lipinski definition) is 4. The minimum Gasteiger partial charge on any atom is -0.352 e. The molecule has 6 nitrogen and oxygen atoms in total. The number of rotatable bonds is 9. The molecule has 1 amide bonds. The minimum absolute atomic E-state index is 0.0498. The maximum absolute atomic E-state index is 12.5. The SMILES string of the molecule is CCN(CC)S(=O)(=O)c1ccc(CNC(=O)CC[C@@H]2CCCCN2C)cc1. The van der Waals surface area contributed by atoms with Gasteiger partial charge in [-0.05, 0) is 50.6 Å². The second kappa shape index (κ2) is 10.2. The third kappa shape index (κ3) is 6.02. The molecule has 152 valence electrons. The van der Waals surface area contributed by atoms with Crippen molar-refractivity contribution in [3.63, 3.8) is 0 Å². The maximum Gasteiger partial charge on any atom is 0.243 e. The zero-order valence-corrected chi connectivity index (χ0v) is 17.6. The van der Waals surface area contributed by atoms with Gasteiger partial charge in [-0.25, -0.2) is 8.42 Å². The van der Waals surface area contributed by atoms with E-state index in [1.807, 2.05) is 13.8 Å². The van der Waals surface area contributed by atoms with Gasteiger partial charge >= 0.3 is 0 Å². The van der Waals surface area contributed by atoms with Gasteiger partial charge < -0.3 is 10.2 Å². The number of likely N-dealkylation sites (tertiary alicyclic amines) is 1. The third-order valence-corrected chi connectivity index (χ3v) is 7.45. The summed E-state index contributed by atoms with van der Waals surface area (Å²) in [5.74, 6) is 0.0498. The predicted molar refractivity (Wildman–Crippen MR) is 108 cm³/mol. The van der Waals surface area contributed by atoms with Crippen molar-refractivity contribution in [3.8, 4) is 0 Å². The highest BCUT2D eigenvalue weighted by atomic mass is 32.2. The van der Waals surface area contributed by atoms with E-state index in [-0.39, 0.29) is 5.91 Å². The molecule has 1 aromatic carbocycles. The van der Waals surface area contributed by atoms with Crippen molar-refractivity contribution in [1.82, 2.24) is 14.5 Å². The van der Waals surface area contributed by atoms with Gasteiger partial charge in [-0.2, -0.15) is 4.31 Å². The van der Waals surface area contributed by atoms with Gasteiger partial charge in [0.1, 0.15) is 0 Å². The first-order valence-corrected chi connectivity index (χ1v) is 11.4. The average molecular weight is 396 g/mol. The molecule has 1 atom stereocenters. The smallest absolute Gasteiger partial charge is 0.243 e. The second-order valence-corrected chi connectivity index (χ2v) is 9.12. The zero-order chi connectivity index (χ0) is 19.9. The topological polar surface area (TPSA) is 69.7 Å². The van der Waals surface area contributed by atoms with E-state index in [1.54, 1.807) is 24.3 Å². The first kappa shape index (κ1) is 21.9. The summed E-state index contributed by atoms with van der Waals surface area (Å²) in [5.41, 5.74) is 0.900. The fourth-order valence-electron chi connectivity index (χ4n) is 3.59. The van der Waals surface area contributed by atoms with Crippen molar-refractivity contribution in [1.29, 1.82) is 0 Å². The minimum atomic E-state index is -3.43. The number of benzene rings is 1. The second-order valence-electron chi connectivity index (χ2n) is 7.18. The fraction of sp³-hybridized carbons (Fsp3) is 0.650. The van der Waals surface area contributed by atoms with Crippen molar-refractivity contribution in [3.05, 3.63) is 29.8 Å². The van der Waals surface area contributed by atoms with Crippen LogP contribution in [0, 0.1) is 0 Å². The average Bonchev–Trinajstić information content (AvgIpc) is 2.67. The molecule has 7 heteroatoms. The van der Waals surface area contributed by atoms with Crippen LogP contribution in [-0.2, 0) is 21.4 Å². The lowest BCUT2D eigenvalue weighted by Gasteiger charge is -2.32. The van der Waals surface area contributed by atoms with Crippen LogP contribution in [0.5, 0.6) is 0 Å². The van der Waals surface area contributed by atoms with Crippen LogP contribution in [0.3, 0.4) is 0 Å². The first-order chi connectivity index (χ1) is 12.9. The number of hydrogen-bond donors (Lipinski definition) is 1. The Morgan fingerprint density at radius 1 is 1.19 bits per heavy atom. The number of amides is 1. The molecule has 1 fully saturated rings. The number of nitrogens with zero attached hydrogens (tertiary/aromatic N) is 2. The van der Waals surface area contributed by atoms with Crippen molar-refractivity contribution in [2.24, 2.45) is 0 Å². The molecule has 0 spiro atoms. The van der Waals surface area contributed by atoms with E-state index in [4.69, 9.17) is 0 Å². The molecular weight excluding hydrogens is 362 g/mol. The number of carbonyl (C=O) groups excluding carboxylic acids is 1. The predicted octanol–water partition coefficient (Wildman–Crippen LogP) is 2.60. The van der Waals surface area contributed by atoms with Crippen LogP contribution >= 0.6 is 0 Å². The summed E-state index contributed by atoms with van der Waals surface area (Å²) in [4.78, 5) is 14.8. The summed E-state index contributed by atoms with van der Waals surface area (Å²) < 4.78 is 26.4. The molecule has 1 saturated heterocycles. The number of piperidine rings is 1. The van der Waals surface area contributed by atoms with Crippen LogP contribution in [-0.4, -0.2) is 56.3 Å². The normalized spacial score (nSPS) is 18.6. The van der Waals surface area contributed by atoms with Crippen molar-refractivity contribution in [2.45, 2.75) is 63.4 Å². The Morgan fingerprint density at radius 3 is 2.44 bits per heavy atom. The molecule has 2 rings (SSSR count). The van der Waals surface area contributed by atoms with Gasteiger partial charge in [-0.15, -0.1) is 0 Å². The van der Waals surface area contributed by atoms with E-state index in [2.05, 4.69) is 17.3 Å². The molecule has 1 aliphatic heterocycles. The van der Waals surface area contributed by atoms with E-state index < -0.39 is 10.0 Å². The fourth-order valence-corrected chi connectivity index (χ4v) is 5.05. The highest BCUT2D eigenvalue weighted by Gasteiger charge is 2.21. The Hall–Kier alpha value is -1.44. The molecular formula is C20H33N3O3S. The molecule has 0 aromatic heterocycles. The van der Waals surface area contributed by atoms with Gasteiger partial charge in [0.25, 0.3) is 0 Å². The summed E-state index contributed by atoms with van der Waals surface area (Å²) >= 11 is 0. The monoisotopic (exact) mass is 395 g/mol. The maximum atomic E-state index is 12.5. The lowest BCUT2D eigenvalue weighted by molar-refractivity contribution is -0.121. The molecule has 0 saturated carbocycles. The van der Waals surface area contributed by atoms with Crippen molar-refractivity contribution in [2.75, 3.05) is 26.7 Å². The molecule has 0 aliphatic carbocycles. The van der Waals surface area contributed by atoms with Crippen LogP contribution in [0.15, 0.2) is 29.2 Å². The molecule has 0 radical (unpaired) electrons. The van der Waals surface area contributed by atoms with E-state index >= 15 is 0 Å². The highest BCUT2D eigenvalue weighted by molar-refractivity contribution is 7.89. The summed E-state index contributed by atoms with van der Waals surface area (Å²) in [6.07, 6.45) is 5.09. The van der Waals surface area contributed by atoms with Crippen molar-refractivity contribution < 1.29 is 13.2 Å². The molecule has 1 aliphatic rings. The van der Waals surface area contributed by atoms with Gasteiger partial charge in [0, 0.05) is 32.1 Å². The molecule has 1 N–H and O–H groups in total. The Balaban J connectivity index is 1.83. The van der Waals surface area contributed by atoms with Crippen LogP contribution < -0.4 is 5.32 Å². The summed E-state index contributed by atoms with van der Waals surface area (Å²) in [5, 5.41) is 2.94. The Kier molecular flexibility index (Phi) is 8.26. The Morgan fingerprint density at radius 2 is 1.85 bits per heavy atom. The van der Waals surface area contributed by atoms with Crippen LogP contribution in [0.4, 0.5) is 0 Å². The van der Waals surface area contributed by atoms with Gasteiger partial charge in [0.05, 0.1) is 4.90 Å². The van der Waals surface area contributed by atoms with Crippen LogP contribution in [0.2, 0.25) is 0 Å². The summed E-state index contributed by atoms with van der Waals surface area (Å²) in [6, 6.07) is 7.28. The summed E-state index contributed by atoms with van der Waals surface area (Å²) in [6.45, 7) is 6.10. The van der Waals surface area contributed by atoms with Crippen LogP contribution in [0.25, 0.3) is 0 Å². The molecule has 1 aromatic rings. The first-order valence-electron chi connectivity index (χ1n) is 9.94.